The summed E-state index contributed by atoms with van der Waals surface area (Å²) in [4.78, 5) is 0. The van der Waals surface area contributed by atoms with Crippen LogP contribution in [0.25, 0.3) is 0 Å². The van der Waals surface area contributed by atoms with Gasteiger partial charge in [0.1, 0.15) is 0 Å². The highest BCUT2D eigenvalue weighted by molar-refractivity contribution is 6.70. The lowest BCUT2D eigenvalue weighted by atomic mass is 9.99. The zero-order chi connectivity index (χ0) is 15.0. The lowest BCUT2D eigenvalue weighted by molar-refractivity contribution is 0.148. The van der Waals surface area contributed by atoms with Gasteiger partial charge in [-0.25, -0.2) is 0 Å². The fraction of sp³-hybridized carbons (Fsp3) is 1.00. The first-order valence-electron chi connectivity index (χ1n) is 9.61. The van der Waals surface area contributed by atoms with Crippen LogP contribution in [0.4, 0.5) is 0 Å². The predicted molar refractivity (Wildman–Crippen MR) is 91.9 cm³/mol. The van der Waals surface area contributed by atoms with Crippen molar-refractivity contribution in [1.29, 1.82) is 0 Å². The minimum Gasteiger partial charge on any atom is -0.394 e. The molecule has 0 aromatic rings. The molecule has 2 nitrogen and oxygen atoms in total. The second kappa shape index (κ2) is 9.31. The molecule has 0 bridgehead atoms. The van der Waals surface area contributed by atoms with Crippen molar-refractivity contribution in [2.24, 2.45) is 0 Å². The van der Waals surface area contributed by atoms with Crippen molar-refractivity contribution in [2.45, 2.75) is 102 Å². The van der Waals surface area contributed by atoms with Gasteiger partial charge in [0.2, 0.25) is 0 Å². The minimum atomic E-state index is -2.05. The average molecular weight is 313 g/mol. The van der Waals surface area contributed by atoms with Crippen LogP contribution in [-0.4, -0.2) is 21.8 Å². The molecule has 0 aromatic heterocycles. The maximum atomic E-state index is 6.56. The first kappa shape index (κ1) is 17.5. The standard InChI is InChI=1S/C18H36O2Si/c1-3-19-21(20-4-2,18-15-11-8-12-16-18)17-13-9-6-5-7-10-14-17/h17-18H,3-16H2,1-2H3. The van der Waals surface area contributed by atoms with E-state index >= 15 is 0 Å². The van der Waals surface area contributed by atoms with Gasteiger partial charge in [0.05, 0.1) is 0 Å². The van der Waals surface area contributed by atoms with Crippen LogP contribution in [0.15, 0.2) is 0 Å². The normalized spacial score (nSPS) is 23.7. The molecule has 0 atom stereocenters. The molecule has 0 radical (unpaired) electrons. The third kappa shape index (κ3) is 4.55. The van der Waals surface area contributed by atoms with Crippen LogP contribution >= 0.6 is 0 Å². The van der Waals surface area contributed by atoms with E-state index in [1.165, 1.54) is 77.0 Å². The Kier molecular flexibility index (Phi) is 7.76. The van der Waals surface area contributed by atoms with Gasteiger partial charge in [-0.3, -0.25) is 0 Å². The summed E-state index contributed by atoms with van der Waals surface area (Å²) >= 11 is 0. The van der Waals surface area contributed by atoms with Crippen LogP contribution in [0, 0.1) is 0 Å². The summed E-state index contributed by atoms with van der Waals surface area (Å²) in [5.74, 6) is 0. The summed E-state index contributed by atoms with van der Waals surface area (Å²) < 4.78 is 13.1. The number of hydrogen-bond donors (Lipinski definition) is 0. The maximum absolute atomic E-state index is 6.56. The maximum Gasteiger partial charge on any atom is 0.344 e. The molecule has 21 heavy (non-hydrogen) atoms. The Balaban J connectivity index is 2.17. The molecule has 0 aromatic carbocycles. The molecular weight excluding hydrogens is 276 g/mol. The Bertz CT molecular complexity index is 262. The Hall–Kier alpha value is 0.137. The van der Waals surface area contributed by atoms with Crippen LogP contribution in [0.2, 0.25) is 11.1 Å². The summed E-state index contributed by atoms with van der Waals surface area (Å²) in [6, 6.07) is 0. The highest BCUT2D eigenvalue weighted by atomic mass is 28.4. The van der Waals surface area contributed by atoms with Crippen LogP contribution in [0.5, 0.6) is 0 Å². The van der Waals surface area contributed by atoms with E-state index in [0.29, 0.717) is 0 Å². The summed E-state index contributed by atoms with van der Waals surface area (Å²) in [5.41, 5.74) is 1.51. The molecule has 2 saturated carbocycles. The van der Waals surface area contributed by atoms with Gasteiger partial charge in [-0.1, -0.05) is 51.4 Å². The predicted octanol–water partition coefficient (Wildman–Crippen LogP) is 5.95. The van der Waals surface area contributed by atoms with E-state index in [2.05, 4.69) is 13.8 Å². The average Bonchev–Trinajstić information content (AvgIpc) is 2.47. The minimum absolute atomic E-state index is 0.751. The largest absolute Gasteiger partial charge is 0.394 e. The quantitative estimate of drug-likeness (QED) is 0.564. The van der Waals surface area contributed by atoms with Crippen molar-refractivity contribution in [3.63, 3.8) is 0 Å². The summed E-state index contributed by atoms with van der Waals surface area (Å²) in [6.07, 6.45) is 16.7. The van der Waals surface area contributed by atoms with Gasteiger partial charge in [0.25, 0.3) is 0 Å². The Morgan fingerprint density at radius 3 is 1.33 bits per heavy atom. The zero-order valence-corrected chi connectivity index (χ0v) is 15.4. The zero-order valence-electron chi connectivity index (χ0n) is 14.4. The SMILES string of the molecule is CCO[Si](OCC)(C1CCCCCCC1)C1CCCCC1. The summed E-state index contributed by atoms with van der Waals surface area (Å²) in [5, 5.41) is 0. The third-order valence-electron chi connectivity index (χ3n) is 5.59. The van der Waals surface area contributed by atoms with Crippen LogP contribution in [0.1, 0.15) is 90.9 Å². The topological polar surface area (TPSA) is 18.5 Å². The molecule has 2 aliphatic carbocycles. The molecule has 2 fully saturated rings. The first-order valence-corrected chi connectivity index (χ1v) is 11.6. The summed E-state index contributed by atoms with van der Waals surface area (Å²) in [7, 11) is -2.05. The Morgan fingerprint density at radius 2 is 0.952 bits per heavy atom. The Labute approximate surface area is 133 Å². The monoisotopic (exact) mass is 312 g/mol. The van der Waals surface area contributed by atoms with E-state index in [1.54, 1.807) is 0 Å². The smallest absolute Gasteiger partial charge is 0.344 e. The molecule has 0 spiro atoms. The van der Waals surface area contributed by atoms with Gasteiger partial charge in [0.15, 0.2) is 0 Å². The molecule has 2 aliphatic rings. The molecule has 0 N–H and O–H groups in total. The molecule has 2 rings (SSSR count). The van der Waals surface area contributed by atoms with Gasteiger partial charge < -0.3 is 8.85 Å². The molecule has 0 saturated heterocycles. The fourth-order valence-corrected chi connectivity index (χ4v) is 9.68. The van der Waals surface area contributed by atoms with Crippen LogP contribution < -0.4 is 0 Å². The van der Waals surface area contributed by atoms with Gasteiger partial charge in [-0.05, 0) is 39.5 Å². The first-order chi connectivity index (χ1) is 10.3. The van der Waals surface area contributed by atoms with Gasteiger partial charge >= 0.3 is 8.56 Å². The van der Waals surface area contributed by atoms with Crippen molar-refractivity contribution in [2.75, 3.05) is 13.2 Å². The molecule has 0 aliphatic heterocycles. The van der Waals surface area contributed by atoms with E-state index < -0.39 is 8.56 Å². The molecular formula is C18H36O2Si. The van der Waals surface area contributed by atoms with Crippen molar-refractivity contribution < 1.29 is 8.85 Å². The summed E-state index contributed by atoms with van der Waals surface area (Å²) in [6.45, 7) is 6.04. The van der Waals surface area contributed by atoms with Crippen molar-refractivity contribution in [3.8, 4) is 0 Å². The number of rotatable bonds is 6. The van der Waals surface area contributed by atoms with E-state index in [-0.39, 0.29) is 0 Å². The van der Waals surface area contributed by atoms with E-state index in [0.717, 1.165) is 24.3 Å². The second-order valence-electron chi connectivity index (χ2n) is 6.96. The highest BCUT2D eigenvalue weighted by Crippen LogP contribution is 2.48. The molecule has 0 amide bonds. The van der Waals surface area contributed by atoms with Crippen molar-refractivity contribution >= 4 is 8.56 Å². The molecule has 0 unspecified atom stereocenters. The van der Waals surface area contributed by atoms with E-state index in [9.17, 15) is 0 Å². The second-order valence-corrected chi connectivity index (χ2v) is 10.6. The molecule has 3 heteroatoms. The lowest BCUT2D eigenvalue weighted by Crippen LogP contribution is -2.52. The van der Waals surface area contributed by atoms with Crippen LogP contribution in [-0.2, 0) is 8.85 Å². The molecule has 0 heterocycles. The van der Waals surface area contributed by atoms with E-state index in [4.69, 9.17) is 8.85 Å². The van der Waals surface area contributed by atoms with Gasteiger partial charge in [0, 0.05) is 24.3 Å². The fourth-order valence-electron chi connectivity index (χ4n) is 4.66. The number of hydrogen-bond acceptors (Lipinski definition) is 2. The lowest BCUT2D eigenvalue weighted by Gasteiger charge is -2.44. The molecule has 124 valence electrons. The third-order valence-corrected chi connectivity index (χ3v) is 10.5. The highest BCUT2D eigenvalue weighted by Gasteiger charge is 2.51. The van der Waals surface area contributed by atoms with Crippen LogP contribution in [0.3, 0.4) is 0 Å². The van der Waals surface area contributed by atoms with Crippen molar-refractivity contribution in [1.82, 2.24) is 0 Å². The Morgan fingerprint density at radius 1 is 0.619 bits per heavy atom. The van der Waals surface area contributed by atoms with Crippen molar-refractivity contribution in [3.05, 3.63) is 0 Å². The van der Waals surface area contributed by atoms with E-state index in [1.807, 2.05) is 0 Å². The van der Waals surface area contributed by atoms with Gasteiger partial charge in [-0.15, -0.1) is 0 Å². The van der Waals surface area contributed by atoms with Gasteiger partial charge in [-0.2, -0.15) is 0 Å².